The zero-order valence-electron chi connectivity index (χ0n) is 8.28. The predicted molar refractivity (Wildman–Crippen MR) is 62.2 cm³/mol. The fourth-order valence-corrected chi connectivity index (χ4v) is 2.59. The van der Waals surface area contributed by atoms with E-state index in [4.69, 9.17) is 0 Å². The molecule has 0 aliphatic carbocycles. The highest BCUT2D eigenvalue weighted by Gasteiger charge is 2.23. The molecule has 5 heteroatoms. The molecule has 1 atom stereocenters. The minimum Gasteiger partial charge on any atom is -0.295 e. The number of hydrogen-bond donors (Lipinski definition) is 0. The Morgan fingerprint density at radius 1 is 1.50 bits per heavy atom. The van der Waals surface area contributed by atoms with Gasteiger partial charge in [-0.1, -0.05) is 15.9 Å². The van der Waals surface area contributed by atoms with Crippen molar-refractivity contribution in [2.75, 3.05) is 0 Å². The van der Waals surface area contributed by atoms with Crippen LogP contribution in [0.2, 0.25) is 0 Å². The third-order valence-electron chi connectivity index (χ3n) is 2.83. The van der Waals surface area contributed by atoms with E-state index in [0.29, 0.717) is 17.4 Å². The van der Waals surface area contributed by atoms with Crippen LogP contribution in [0.5, 0.6) is 0 Å². The molecular weight excluding hydrogens is 275 g/mol. The van der Waals surface area contributed by atoms with E-state index in [1.165, 1.54) is 12.1 Å². The second-order valence-corrected chi connectivity index (χ2v) is 4.95. The summed E-state index contributed by atoms with van der Waals surface area (Å²) in [5, 5.41) is 0.352. The van der Waals surface area contributed by atoms with Gasteiger partial charge in [0.15, 0.2) is 0 Å². The molecule has 3 rings (SSSR count). The molecule has 1 aromatic carbocycles. The molecule has 0 radical (unpaired) electrons. The lowest BCUT2D eigenvalue weighted by molar-refractivity contribution is 0.628. The summed E-state index contributed by atoms with van der Waals surface area (Å²) in [6, 6.07) is 4.12. The van der Waals surface area contributed by atoms with Gasteiger partial charge in [0.25, 0.3) is 5.56 Å². The molecule has 0 saturated heterocycles. The van der Waals surface area contributed by atoms with Crippen molar-refractivity contribution >= 4 is 26.8 Å². The molecule has 2 aromatic rings. The number of rotatable bonds is 0. The summed E-state index contributed by atoms with van der Waals surface area (Å²) in [5.41, 5.74) is 0.408. The third kappa shape index (κ3) is 1.31. The van der Waals surface area contributed by atoms with Crippen molar-refractivity contribution in [2.45, 2.75) is 17.8 Å². The van der Waals surface area contributed by atoms with E-state index in [1.807, 2.05) is 0 Å². The minimum absolute atomic E-state index is 0.120. The van der Waals surface area contributed by atoms with Crippen LogP contribution in [-0.4, -0.2) is 9.55 Å². The van der Waals surface area contributed by atoms with Gasteiger partial charge >= 0.3 is 0 Å². The Kier molecular flexibility index (Phi) is 2.10. The first kappa shape index (κ1) is 9.96. The number of halogens is 2. The summed E-state index contributed by atoms with van der Waals surface area (Å²) in [7, 11) is 0. The molecule has 1 aromatic heterocycles. The van der Waals surface area contributed by atoms with Crippen molar-refractivity contribution in [1.29, 1.82) is 0 Å². The topological polar surface area (TPSA) is 34.9 Å². The van der Waals surface area contributed by atoms with E-state index in [1.54, 1.807) is 10.6 Å². The number of nitrogens with zero attached hydrogens (tertiary/aromatic N) is 2. The van der Waals surface area contributed by atoms with Gasteiger partial charge < -0.3 is 0 Å². The SMILES string of the molecule is O=c1c2cc(F)ccc2nc2n1CCC2Br. The van der Waals surface area contributed by atoms with Crippen molar-refractivity contribution in [3.05, 3.63) is 40.2 Å². The maximum Gasteiger partial charge on any atom is 0.261 e. The van der Waals surface area contributed by atoms with Gasteiger partial charge in [0.2, 0.25) is 0 Å². The summed E-state index contributed by atoms with van der Waals surface area (Å²) in [5.74, 6) is 0.337. The maximum absolute atomic E-state index is 13.1. The monoisotopic (exact) mass is 282 g/mol. The Balaban J connectivity index is 2.44. The Labute approximate surface area is 99.0 Å². The third-order valence-corrected chi connectivity index (χ3v) is 3.70. The first-order chi connectivity index (χ1) is 7.66. The lowest BCUT2D eigenvalue weighted by Crippen LogP contribution is -2.21. The largest absolute Gasteiger partial charge is 0.295 e. The molecule has 16 heavy (non-hydrogen) atoms. The van der Waals surface area contributed by atoms with Gasteiger partial charge in [-0.3, -0.25) is 9.36 Å². The van der Waals surface area contributed by atoms with Crippen molar-refractivity contribution in [3.63, 3.8) is 0 Å². The Bertz CT molecular complexity index is 638. The van der Waals surface area contributed by atoms with Gasteiger partial charge in [0, 0.05) is 6.54 Å². The van der Waals surface area contributed by atoms with Gasteiger partial charge in [-0.25, -0.2) is 9.37 Å². The van der Waals surface area contributed by atoms with Crippen LogP contribution in [0.4, 0.5) is 4.39 Å². The van der Waals surface area contributed by atoms with Crippen LogP contribution in [0.25, 0.3) is 10.9 Å². The van der Waals surface area contributed by atoms with Crippen LogP contribution >= 0.6 is 15.9 Å². The fraction of sp³-hybridized carbons (Fsp3) is 0.273. The van der Waals surface area contributed by atoms with Gasteiger partial charge in [-0.2, -0.15) is 0 Å². The Morgan fingerprint density at radius 2 is 2.31 bits per heavy atom. The Hall–Kier alpha value is -1.23. The van der Waals surface area contributed by atoms with E-state index in [-0.39, 0.29) is 10.4 Å². The number of benzene rings is 1. The van der Waals surface area contributed by atoms with Crippen molar-refractivity contribution in [3.8, 4) is 0 Å². The van der Waals surface area contributed by atoms with Crippen LogP contribution in [0, 0.1) is 5.82 Å². The van der Waals surface area contributed by atoms with E-state index >= 15 is 0 Å². The zero-order chi connectivity index (χ0) is 11.3. The van der Waals surface area contributed by atoms with Crippen LogP contribution < -0.4 is 5.56 Å². The zero-order valence-corrected chi connectivity index (χ0v) is 9.87. The van der Waals surface area contributed by atoms with Gasteiger partial charge in [0.05, 0.1) is 15.7 Å². The van der Waals surface area contributed by atoms with Crippen LogP contribution in [0.3, 0.4) is 0 Å². The summed E-state index contributed by atoms with van der Waals surface area (Å²) in [4.78, 5) is 16.6. The van der Waals surface area contributed by atoms with Crippen LogP contribution in [0.1, 0.15) is 17.1 Å². The predicted octanol–water partition coefficient (Wildman–Crippen LogP) is 2.38. The highest BCUT2D eigenvalue weighted by Crippen LogP contribution is 2.31. The molecule has 1 aliphatic rings. The average Bonchev–Trinajstić information content (AvgIpc) is 2.63. The molecule has 3 nitrogen and oxygen atoms in total. The molecular formula is C11H8BrFN2O. The van der Waals surface area contributed by atoms with E-state index in [2.05, 4.69) is 20.9 Å². The highest BCUT2D eigenvalue weighted by atomic mass is 79.9. The fourth-order valence-electron chi connectivity index (χ4n) is 2.04. The first-order valence-corrected chi connectivity index (χ1v) is 5.92. The molecule has 2 heterocycles. The lowest BCUT2D eigenvalue weighted by atomic mass is 10.2. The van der Waals surface area contributed by atoms with Crippen LogP contribution in [-0.2, 0) is 6.54 Å². The van der Waals surface area contributed by atoms with Crippen molar-refractivity contribution in [2.24, 2.45) is 0 Å². The molecule has 0 saturated carbocycles. The highest BCUT2D eigenvalue weighted by molar-refractivity contribution is 9.09. The van der Waals surface area contributed by atoms with Crippen LogP contribution in [0.15, 0.2) is 23.0 Å². The normalized spacial score (nSPS) is 19.0. The van der Waals surface area contributed by atoms with Crippen molar-refractivity contribution in [1.82, 2.24) is 9.55 Å². The molecule has 0 amide bonds. The minimum atomic E-state index is -0.402. The lowest BCUT2D eigenvalue weighted by Gasteiger charge is -2.05. The van der Waals surface area contributed by atoms with E-state index < -0.39 is 5.82 Å². The molecule has 82 valence electrons. The van der Waals surface area contributed by atoms with Gasteiger partial charge in [0.1, 0.15) is 11.6 Å². The standard InChI is InChI=1S/C11H8BrFN2O/c12-8-3-4-15-10(8)14-9-2-1-6(13)5-7(9)11(15)16/h1-2,5,8H,3-4H2. The number of aromatic nitrogens is 2. The summed E-state index contributed by atoms with van der Waals surface area (Å²) in [6.07, 6.45) is 0.848. The molecule has 1 unspecified atom stereocenters. The molecule has 0 bridgehead atoms. The molecule has 0 N–H and O–H groups in total. The second kappa shape index (κ2) is 3.38. The van der Waals surface area contributed by atoms with E-state index in [0.717, 1.165) is 12.2 Å². The van der Waals surface area contributed by atoms with Gasteiger partial charge in [-0.05, 0) is 24.6 Å². The molecule has 0 fully saturated rings. The summed E-state index contributed by atoms with van der Waals surface area (Å²) in [6.45, 7) is 0.642. The maximum atomic E-state index is 13.1. The summed E-state index contributed by atoms with van der Waals surface area (Å²) >= 11 is 3.48. The average molecular weight is 283 g/mol. The first-order valence-electron chi connectivity index (χ1n) is 5.01. The number of hydrogen-bond acceptors (Lipinski definition) is 2. The molecule has 1 aliphatic heterocycles. The quantitative estimate of drug-likeness (QED) is 0.696. The summed E-state index contributed by atoms with van der Waals surface area (Å²) < 4.78 is 14.7. The molecule has 0 spiro atoms. The smallest absolute Gasteiger partial charge is 0.261 e. The van der Waals surface area contributed by atoms with E-state index in [9.17, 15) is 9.18 Å². The van der Waals surface area contributed by atoms with Crippen molar-refractivity contribution < 1.29 is 4.39 Å². The Morgan fingerprint density at radius 3 is 3.12 bits per heavy atom. The number of fused-ring (bicyclic) bond motifs is 2. The van der Waals surface area contributed by atoms with Gasteiger partial charge in [-0.15, -0.1) is 0 Å². The number of alkyl halides is 1. The second-order valence-electron chi connectivity index (χ2n) is 3.84.